The van der Waals surface area contributed by atoms with Gasteiger partial charge < -0.3 is 11.1 Å². The predicted octanol–water partition coefficient (Wildman–Crippen LogP) is 3.92. The topological polar surface area (TPSA) is 80.9 Å². The number of hydrogen-bond acceptors (Lipinski definition) is 4. The van der Waals surface area contributed by atoms with Gasteiger partial charge in [-0.1, -0.05) is 37.6 Å². The summed E-state index contributed by atoms with van der Waals surface area (Å²) in [7, 11) is 0. The summed E-state index contributed by atoms with van der Waals surface area (Å²) in [4.78, 5) is 21.6. The molecule has 2 heterocycles. The van der Waals surface area contributed by atoms with E-state index in [0.29, 0.717) is 17.8 Å². The molecule has 2 aromatic heterocycles. The molecule has 0 unspecified atom stereocenters. The van der Waals surface area contributed by atoms with Crippen LogP contribution in [0, 0.1) is 0 Å². The number of carbonyl (C=O) groups excluding carboxylic acids is 1. The molecule has 0 saturated carbocycles. The molecule has 0 spiro atoms. The zero-order valence-corrected chi connectivity index (χ0v) is 16.6. The quantitative estimate of drug-likeness (QED) is 0.337. The van der Waals surface area contributed by atoms with Gasteiger partial charge in [-0.25, -0.2) is 0 Å². The predicted molar refractivity (Wildman–Crippen MR) is 105 cm³/mol. The van der Waals surface area contributed by atoms with Crippen molar-refractivity contribution < 1.29 is 25.2 Å². The molecule has 5 nitrogen and oxygen atoms in total. The Balaban J connectivity index is 0.00000261. The Morgan fingerprint density at radius 1 is 1.00 bits per heavy atom. The molecule has 0 aliphatic carbocycles. The van der Waals surface area contributed by atoms with Crippen molar-refractivity contribution in [1.82, 2.24) is 15.3 Å². The van der Waals surface area contributed by atoms with Crippen molar-refractivity contribution in [1.29, 1.82) is 0 Å². The van der Waals surface area contributed by atoms with Crippen LogP contribution in [0.3, 0.4) is 0 Å². The first-order valence-corrected chi connectivity index (χ1v) is 8.76. The number of rotatable bonds is 6. The Bertz CT molecular complexity index is 900. The van der Waals surface area contributed by atoms with E-state index >= 15 is 0 Å². The number of unbranched alkanes of at least 4 members (excludes halogenated alkanes) is 1. The van der Waals surface area contributed by atoms with Gasteiger partial charge >= 0.3 is 20.4 Å². The van der Waals surface area contributed by atoms with Crippen LogP contribution in [0.4, 0.5) is 5.69 Å². The second kappa shape index (κ2) is 9.96. The molecule has 0 fully saturated rings. The SMILES string of the molecule is CCCCNC(=O)c1c(N)cccc1-c1cccnc1-c1ccccn1.[Pd+2]. The molecule has 3 aromatic rings. The van der Waals surface area contributed by atoms with Crippen LogP contribution in [0.1, 0.15) is 30.1 Å². The third kappa shape index (κ3) is 4.79. The Kier molecular flexibility index (Phi) is 7.66. The van der Waals surface area contributed by atoms with Gasteiger partial charge in [-0.15, -0.1) is 0 Å². The van der Waals surface area contributed by atoms with Crippen LogP contribution in [-0.4, -0.2) is 22.4 Å². The Morgan fingerprint density at radius 2 is 1.78 bits per heavy atom. The van der Waals surface area contributed by atoms with Crippen LogP contribution in [0.15, 0.2) is 60.9 Å². The summed E-state index contributed by atoms with van der Waals surface area (Å²) < 4.78 is 0. The molecule has 3 rings (SSSR count). The Morgan fingerprint density at radius 3 is 2.52 bits per heavy atom. The van der Waals surface area contributed by atoms with Crippen molar-refractivity contribution in [3.05, 3.63) is 66.5 Å². The van der Waals surface area contributed by atoms with E-state index in [2.05, 4.69) is 22.2 Å². The summed E-state index contributed by atoms with van der Waals surface area (Å²) in [5, 5.41) is 2.96. The maximum absolute atomic E-state index is 12.8. The molecule has 27 heavy (non-hydrogen) atoms. The fraction of sp³-hybridized carbons (Fsp3) is 0.190. The molecule has 1 amide bonds. The molecule has 0 aliphatic rings. The molecule has 6 heteroatoms. The van der Waals surface area contributed by atoms with Crippen LogP contribution in [0.2, 0.25) is 0 Å². The first kappa shape index (κ1) is 20.8. The second-order valence-electron chi connectivity index (χ2n) is 5.99. The fourth-order valence-electron chi connectivity index (χ4n) is 2.84. The monoisotopic (exact) mass is 452 g/mol. The van der Waals surface area contributed by atoms with E-state index < -0.39 is 0 Å². The molecule has 0 bridgehead atoms. The number of anilines is 1. The van der Waals surface area contributed by atoms with Gasteiger partial charge in [-0.05, 0) is 36.2 Å². The van der Waals surface area contributed by atoms with E-state index in [0.717, 1.165) is 35.4 Å². The minimum atomic E-state index is -0.164. The molecular weight excluding hydrogens is 431 g/mol. The Labute approximate surface area is 173 Å². The number of benzene rings is 1. The van der Waals surface area contributed by atoms with E-state index in [1.807, 2.05) is 42.5 Å². The fourth-order valence-corrected chi connectivity index (χ4v) is 2.84. The molecular formula is C21H22N4OPd+2. The summed E-state index contributed by atoms with van der Waals surface area (Å²) in [6.45, 7) is 2.71. The number of amides is 1. The van der Waals surface area contributed by atoms with Crippen LogP contribution < -0.4 is 11.1 Å². The van der Waals surface area contributed by atoms with Crippen molar-refractivity contribution in [2.45, 2.75) is 19.8 Å². The third-order valence-corrected chi connectivity index (χ3v) is 4.15. The van der Waals surface area contributed by atoms with Gasteiger partial charge in [-0.3, -0.25) is 14.8 Å². The molecule has 0 saturated heterocycles. The molecule has 0 radical (unpaired) electrons. The first-order chi connectivity index (χ1) is 12.7. The molecule has 140 valence electrons. The van der Waals surface area contributed by atoms with E-state index in [9.17, 15) is 4.79 Å². The van der Waals surface area contributed by atoms with Crippen molar-refractivity contribution in [2.24, 2.45) is 0 Å². The van der Waals surface area contributed by atoms with E-state index in [1.165, 1.54) is 0 Å². The van der Waals surface area contributed by atoms with Crippen LogP contribution in [-0.2, 0) is 20.4 Å². The summed E-state index contributed by atoms with van der Waals surface area (Å²) in [6.07, 6.45) is 5.40. The second-order valence-corrected chi connectivity index (χ2v) is 5.99. The Hall–Kier alpha value is -2.55. The van der Waals surface area contributed by atoms with Gasteiger partial charge in [0.25, 0.3) is 5.91 Å². The normalized spacial score (nSPS) is 10.1. The number of pyridine rings is 2. The van der Waals surface area contributed by atoms with Crippen LogP contribution >= 0.6 is 0 Å². The molecule has 1 aromatic carbocycles. The summed E-state index contributed by atoms with van der Waals surface area (Å²) in [5.41, 5.74) is 10.2. The average molecular weight is 453 g/mol. The zero-order valence-electron chi connectivity index (χ0n) is 15.1. The van der Waals surface area contributed by atoms with Crippen molar-refractivity contribution in [3.8, 4) is 22.5 Å². The molecule has 0 aliphatic heterocycles. The number of aromatic nitrogens is 2. The van der Waals surface area contributed by atoms with Crippen molar-refractivity contribution >= 4 is 11.6 Å². The maximum atomic E-state index is 12.8. The average Bonchev–Trinajstić information content (AvgIpc) is 2.68. The number of nitrogens with one attached hydrogen (secondary N) is 1. The minimum absolute atomic E-state index is 0. The first-order valence-electron chi connectivity index (χ1n) is 8.76. The summed E-state index contributed by atoms with van der Waals surface area (Å²) in [5.74, 6) is -0.164. The number of carbonyl (C=O) groups is 1. The van der Waals surface area contributed by atoms with Crippen molar-refractivity contribution in [2.75, 3.05) is 12.3 Å². The van der Waals surface area contributed by atoms with Gasteiger partial charge in [0.2, 0.25) is 0 Å². The van der Waals surface area contributed by atoms with Gasteiger partial charge in [-0.2, -0.15) is 0 Å². The number of nitrogen functional groups attached to an aromatic ring is 1. The van der Waals surface area contributed by atoms with E-state index in [1.54, 1.807) is 18.5 Å². The largest absolute Gasteiger partial charge is 2.00 e. The standard InChI is InChI=1S/C21H22N4O.Pd/c1-2-3-12-25-21(26)19-15(8-6-10-17(19)22)16-9-7-14-24-20(16)18-11-4-5-13-23-18;/h4-11,13-14H,2-3,12,22H2,1H3,(H,25,26);/q;+2. The number of nitrogens with two attached hydrogens (primary N) is 1. The van der Waals surface area contributed by atoms with E-state index in [-0.39, 0.29) is 26.3 Å². The van der Waals surface area contributed by atoms with Crippen LogP contribution in [0.5, 0.6) is 0 Å². The van der Waals surface area contributed by atoms with E-state index in [4.69, 9.17) is 5.73 Å². The molecule has 0 atom stereocenters. The van der Waals surface area contributed by atoms with Gasteiger partial charge in [0, 0.05) is 30.2 Å². The maximum Gasteiger partial charge on any atom is 2.00 e. The number of nitrogens with zero attached hydrogens (tertiary/aromatic N) is 2. The van der Waals surface area contributed by atoms with Gasteiger partial charge in [0.15, 0.2) is 0 Å². The van der Waals surface area contributed by atoms with Crippen LogP contribution in [0.25, 0.3) is 22.5 Å². The molecule has 3 N–H and O–H groups in total. The van der Waals surface area contributed by atoms with Gasteiger partial charge in [0.05, 0.1) is 17.0 Å². The minimum Gasteiger partial charge on any atom is -0.398 e. The number of hydrogen-bond donors (Lipinski definition) is 2. The third-order valence-electron chi connectivity index (χ3n) is 4.15. The van der Waals surface area contributed by atoms with Crippen molar-refractivity contribution in [3.63, 3.8) is 0 Å². The van der Waals surface area contributed by atoms with Gasteiger partial charge in [0.1, 0.15) is 0 Å². The smallest absolute Gasteiger partial charge is 0.398 e. The zero-order chi connectivity index (χ0) is 18.4. The summed E-state index contributed by atoms with van der Waals surface area (Å²) >= 11 is 0. The summed E-state index contributed by atoms with van der Waals surface area (Å²) in [6, 6.07) is 15.0.